The number of amides is 1. The molecule has 0 radical (unpaired) electrons. The van der Waals surface area contributed by atoms with Crippen LogP contribution in [0.2, 0.25) is 0 Å². The molecular formula is C19H18F3N3O3. The summed E-state index contributed by atoms with van der Waals surface area (Å²) in [6.45, 7) is 3.37. The van der Waals surface area contributed by atoms with E-state index in [-0.39, 0.29) is 30.5 Å². The Bertz CT molecular complexity index is 960. The molecule has 28 heavy (non-hydrogen) atoms. The van der Waals surface area contributed by atoms with Gasteiger partial charge in [-0.3, -0.25) is 4.79 Å². The third-order valence-corrected chi connectivity index (χ3v) is 5.00. The van der Waals surface area contributed by atoms with Crippen LogP contribution < -0.4 is 14.8 Å². The van der Waals surface area contributed by atoms with Crippen LogP contribution in [0.4, 0.5) is 18.9 Å². The largest absolute Gasteiger partial charge is 0.454 e. The molecule has 1 unspecified atom stereocenters. The zero-order valence-electron chi connectivity index (χ0n) is 15.3. The van der Waals surface area contributed by atoms with Gasteiger partial charge in [-0.05, 0) is 44.7 Å². The fraction of sp³-hybridized carbons (Fsp3) is 0.421. The first-order chi connectivity index (χ1) is 13.2. The lowest BCUT2D eigenvalue weighted by Gasteiger charge is -2.26. The van der Waals surface area contributed by atoms with E-state index in [0.717, 1.165) is 5.56 Å². The van der Waals surface area contributed by atoms with Gasteiger partial charge in [-0.15, -0.1) is 0 Å². The monoisotopic (exact) mass is 393 g/mol. The normalized spacial score (nSPS) is 18.0. The van der Waals surface area contributed by atoms with Crippen molar-refractivity contribution in [3.63, 3.8) is 0 Å². The van der Waals surface area contributed by atoms with Crippen molar-refractivity contribution in [2.24, 2.45) is 5.92 Å². The highest BCUT2D eigenvalue weighted by molar-refractivity contribution is 5.94. The molecule has 1 atom stereocenters. The molecule has 0 saturated heterocycles. The van der Waals surface area contributed by atoms with Gasteiger partial charge in [0.2, 0.25) is 12.7 Å². The van der Waals surface area contributed by atoms with Crippen LogP contribution in [0.3, 0.4) is 0 Å². The van der Waals surface area contributed by atoms with Crippen molar-refractivity contribution in [2.45, 2.75) is 39.3 Å². The zero-order chi connectivity index (χ0) is 20.1. The van der Waals surface area contributed by atoms with Crippen molar-refractivity contribution >= 4 is 11.6 Å². The van der Waals surface area contributed by atoms with Crippen molar-refractivity contribution in [2.75, 3.05) is 12.1 Å². The summed E-state index contributed by atoms with van der Waals surface area (Å²) in [5.74, 6) is 0.290. The van der Waals surface area contributed by atoms with Gasteiger partial charge in [0.15, 0.2) is 17.2 Å². The van der Waals surface area contributed by atoms with E-state index in [1.807, 2.05) is 6.92 Å². The number of hydrogen-bond acceptors (Lipinski definition) is 5. The van der Waals surface area contributed by atoms with E-state index in [0.29, 0.717) is 35.7 Å². The van der Waals surface area contributed by atoms with Gasteiger partial charge in [-0.25, -0.2) is 9.97 Å². The van der Waals surface area contributed by atoms with Crippen molar-refractivity contribution in [1.29, 1.82) is 0 Å². The number of halogens is 3. The van der Waals surface area contributed by atoms with E-state index < -0.39 is 17.8 Å². The highest BCUT2D eigenvalue weighted by atomic mass is 19.4. The average Bonchev–Trinajstić information content (AvgIpc) is 3.07. The summed E-state index contributed by atoms with van der Waals surface area (Å²) >= 11 is 0. The standard InChI is InChI=1S/C19H18F3N3O3/c1-9-5-15-16(28-8-27-15)7-14(9)25-18(26)11-3-4-13-12(6-11)17(19(20,21)22)24-10(2)23-13/h5,7,11H,3-4,6,8H2,1-2H3,(H,25,26). The van der Waals surface area contributed by atoms with Crippen LogP contribution in [0.15, 0.2) is 12.1 Å². The van der Waals surface area contributed by atoms with Crippen molar-refractivity contribution in [3.8, 4) is 11.5 Å². The van der Waals surface area contributed by atoms with Crippen molar-refractivity contribution in [3.05, 3.63) is 40.5 Å². The van der Waals surface area contributed by atoms with E-state index in [1.54, 1.807) is 12.1 Å². The van der Waals surface area contributed by atoms with Crippen molar-refractivity contribution < 1.29 is 27.4 Å². The molecule has 0 fully saturated rings. The predicted octanol–water partition coefficient (Wildman–Crippen LogP) is 3.58. The number of aryl methyl sites for hydroxylation is 3. The van der Waals surface area contributed by atoms with Gasteiger partial charge in [0.25, 0.3) is 0 Å². The molecule has 148 valence electrons. The summed E-state index contributed by atoms with van der Waals surface area (Å²) in [7, 11) is 0. The minimum atomic E-state index is -4.58. The minimum Gasteiger partial charge on any atom is -0.454 e. The second-order valence-corrected chi connectivity index (χ2v) is 6.99. The minimum absolute atomic E-state index is 0.0203. The number of benzene rings is 1. The highest BCUT2D eigenvalue weighted by Gasteiger charge is 2.40. The lowest BCUT2D eigenvalue weighted by atomic mass is 9.84. The molecule has 1 aliphatic heterocycles. The SMILES string of the molecule is Cc1nc2c(c(C(F)(F)F)n1)CC(C(=O)Nc1cc3c(cc1C)OCO3)CC2. The van der Waals surface area contributed by atoms with E-state index in [9.17, 15) is 18.0 Å². The highest BCUT2D eigenvalue weighted by Crippen LogP contribution is 2.38. The fourth-order valence-electron chi connectivity index (χ4n) is 3.61. The lowest BCUT2D eigenvalue weighted by Crippen LogP contribution is -2.31. The second-order valence-electron chi connectivity index (χ2n) is 6.99. The van der Waals surface area contributed by atoms with Gasteiger partial charge in [0.1, 0.15) is 5.82 Å². The van der Waals surface area contributed by atoms with Crippen LogP contribution in [-0.2, 0) is 23.8 Å². The Hall–Kier alpha value is -2.84. The lowest BCUT2D eigenvalue weighted by molar-refractivity contribution is -0.142. The van der Waals surface area contributed by atoms with Gasteiger partial charge < -0.3 is 14.8 Å². The maximum Gasteiger partial charge on any atom is 0.433 e. The molecule has 2 aromatic rings. The Labute approximate surface area is 159 Å². The number of anilines is 1. The Kier molecular flexibility index (Phi) is 4.40. The quantitative estimate of drug-likeness (QED) is 0.844. The summed E-state index contributed by atoms with van der Waals surface area (Å²) in [5.41, 5.74) is 0.793. The number of hydrogen-bond donors (Lipinski definition) is 1. The molecule has 0 saturated carbocycles. The van der Waals surface area contributed by atoms with Gasteiger partial charge in [0, 0.05) is 28.9 Å². The molecule has 9 heteroatoms. The van der Waals surface area contributed by atoms with Crippen LogP contribution in [-0.4, -0.2) is 22.7 Å². The van der Waals surface area contributed by atoms with Crippen LogP contribution in [0, 0.1) is 19.8 Å². The number of fused-ring (bicyclic) bond motifs is 2. The molecule has 0 bridgehead atoms. The molecule has 0 spiro atoms. The smallest absolute Gasteiger partial charge is 0.433 e. The topological polar surface area (TPSA) is 73.3 Å². The number of carbonyl (C=O) groups excluding carboxylic acids is 1. The van der Waals surface area contributed by atoms with Gasteiger partial charge >= 0.3 is 6.18 Å². The first kappa shape index (κ1) is 18.5. The van der Waals surface area contributed by atoms with Crippen LogP contribution in [0.25, 0.3) is 0 Å². The molecule has 1 N–H and O–H groups in total. The Morgan fingerprint density at radius 3 is 2.61 bits per heavy atom. The summed E-state index contributed by atoms with van der Waals surface area (Å²) in [5, 5.41) is 2.81. The summed E-state index contributed by atoms with van der Waals surface area (Å²) in [4.78, 5) is 20.5. The third-order valence-electron chi connectivity index (χ3n) is 5.00. The van der Waals surface area contributed by atoms with E-state index >= 15 is 0 Å². The Morgan fingerprint density at radius 2 is 1.89 bits per heavy atom. The van der Waals surface area contributed by atoms with E-state index in [4.69, 9.17) is 9.47 Å². The number of rotatable bonds is 2. The Balaban J connectivity index is 1.57. The van der Waals surface area contributed by atoms with Crippen LogP contribution in [0.5, 0.6) is 11.5 Å². The number of aromatic nitrogens is 2. The number of alkyl halides is 3. The van der Waals surface area contributed by atoms with E-state index in [2.05, 4.69) is 15.3 Å². The molecular weight excluding hydrogens is 375 g/mol. The maximum absolute atomic E-state index is 13.4. The third kappa shape index (κ3) is 3.36. The molecule has 6 nitrogen and oxygen atoms in total. The molecule has 2 aliphatic rings. The molecule has 4 rings (SSSR count). The number of carbonyl (C=O) groups is 1. The predicted molar refractivity (Wildman–Crippen MR) is 93.2 cm³/mol. The van der Waals surface area contributed by atoms with Gasteiger partial charge in [-0.2, -0.15) is 13.2 Å². The zero-order valence-corrected chi connectivity index (χ0v) is 15.3. The molecule has 1 aromatic heterocycles. The van der Waals surface area contributed by atoms with Gasteiger partial charge in [-0.1, -0.05) is 0 Å². The number of ether oxygens (including phenoxy) is 2. The molecule has 2 heterocycles. The molecule has 1 aliphatic carbocycles. The van der Waals surface area contributed by atoms with Gasteiger partial charge in [0.05, 0.1) is 0 Å². The first-order valence-corrected chi connectivity index (χ1v) is 8.87. The number of nitrogens with one attached hydrogen (secondary N) is 1. The summed E-state index contributed by atoms with van der Waals surface area (Å²) in [6.07, 6.45) is -3.89. The van der Waals surface area contributed by atoms with Crippen molar-refractivity contribution in [1.82, 2.24) is 9.97 Å². The van der Waals surface area contributed by atoms with Crippen LogP contribution in [0.1, 0.15) is 34.8 Å². The van der Waals surface area contributed by atoms with E-state index in [1.165, 1.54) is 6.92 Å². The summed E-state index contributed by atoms with van der Waals surface area (Å²) < 4.78 is 50.8. The Morgan fingerprint density at radius 1 is 1.18 bits per heavy atom. The molecule has 1 amide bonds. The first-order valence-electron chi connectivity index (χ1n) is 8.87. The summed E-state index contributed by atoms with van der Waals surface area (Å²) in [6, 6.07) is 3.42. The maximum atomic E-state index is 13.4. The second kappa shape index (κ2) is 6.65. The van der Waals surface area contributed by atoms with Crippen LogP contribution >= 0.6 is 0 Å². The molecule has 1 aromatic carbocycles. The average molecular weight is 393 g/mol. The fourth-order valence-corrected chi connectivity index (χ4v) is 3.61. The number of nitrogens with zero attached hydrogens (tertiary/aromatic N) is 2.